The maximum atomic E-state index is 5.65. The number of benzene rings is 1. The number of hydrogen-bond donors (Lipinski definition) is 0. The van der Waals surface area contributed by atoms with Gasteiger partial charge in [0.25, 0.3) is 0 Å². The lowest BCUT2D eigenvalue weighted by atomic mass is 10.1. The second-order valence-corrected chi connectivity index (χ2v) is 3.68. The van der Waals surface area contributed by atoms with Gasteiger partial charge >= 0.3 is 0 Å². The molecule has 0 bridgehead atoms. The van der Waals surface area contributed by atoms with Crippen LogP contribution in [0.2, 0.25) is 0 Å². The fourth-order valence-corrected chi connectivity index (χ4v) is 1.76. The van der Waals surface area contributed by atoms with E-state index in [4.69, 9.17) is 4.42 Å². The molecule has 16 heavy (non-hydrogen) atoms. The van der Waals surface area contributed by atoms with Crippen LogP contribution in [0.5, 0.6) is 0 Å². The summed E-state index contributed by atoms with van der Waals surface area (Å²) in [6, 6.07) is 7.90. The average molecular weight is 214 g/mol. The van der Waals surface area contributed by atoms with Crippen LogP contribution in [0.4, 0.5) is 0 Å². The second kappa shape index (κ2) is 3.16. The Labute approximate surface area is 91.7 Å². The number of hydrogen-bond acceptors (Lipinski definition) is 4. The van der Waals surface area contributed by atoms with Gasteiger partial charge in [-0.3, -0.25) is 0 Å². The van der Waals surface area contributed by atoms with E-state index >= 15 is 0 Å². The quantitative estimate of drug-likeness (QED) is 0.621. The maximum absolute atomic E-state index is 5.65. The van der Waals surface area contributed by atoms with E-state index in [0.29, 0.717) is 5.82 Å². The lowest BCUT2D eigenvalue weighted by Crippen LogP contribution is -1.91. The molecule has 0 saturated carbocycles. The Balaban J connectivity index is 2.30. The summed E-state index contributed by atoms with van der Waals surface area (Å²) < 4.78 is 5.65. The largest absolute Gasteiger partial charge is 0.461 e. The van der Waals surface area contributed by atoms with Crippen LogP contribution in [0.3, 0.4) is 0 Å². The molecule has 0 unspecified atom stereocenters. The Morgan fingerprint density at radius 1 is 1.31 bits per heavy atom. The van der Waals surface area contributed by atoms with Gasteiger partial charge in [0.05, 0.1) is 12.6 Å². The van der Waals surface area contributed by atoms with E-state index in [1.807, 2.05) is 31.2 Å². The fraction of sp³-hybridized carbons (Fsp3) is 0.182. The van der Waals surface area contributed by atoms with Crippen molar-refractivity contribution in [1.82, 2.24) is 20.2 Å². The van der Waals surface area contributed by atoms with Gasteiger partial charge in [-0.15, -0.1) is 10.2 Å². The molecule has 80 valence electrons. The molecule has 3 aromatic rings. The molecule has 2 heterocycles. The molecule has 5 heteroatoms. The SMILES string of the molecule is Cc1cc2cccc(-c3nnn(C)n3)c2o1. The van der Waals surface area contributed by atoms with Crippen molar-refractivity contribution in [3.63, 3.8) is 0 Å². The summed E-state index contributed by atoms with van der Waals surface area (Å²) in [4.78, 5) is 1.43. The minimum absolute atomic E-state index is 0.586. The highest BCUT2D eigenvalue weighted by Gasteiger charge is 2.11. The lowest BCUT2D eigenvalue weighted by molar-refractivity contribution is 0.579. The Kier molecular flexibility index (Phi) is 1.80. The van der Waals surface area contributed by atoms with Crippen molar-refractivity contribution >= 4 is 11.0 Å². The topological polar surface area (TPSA) is 56.7 Å². The van der Waals surface area contributed by atoms with Crippen LogP contribution < -0.4 is 0 Å². The highest BCUT2D eigenvalue weighted by Crippen LogP contribution is 2.28. The third-order valence-electron chi connectivity index (χ3n) is 2.42. The summed E-state index contributed by atoms with van der Waals surface area (Å²) in [5.74, 6) is 1.47. The number of para-hydroxylation sites is 1. The van der Waals surface area contributed by atoms with Crippen LogP contribution in [0.15, 0.2) is 28.7 Å². The van der Waals surface area contributed by atoms with Crippen molar-refractivity contribution in [3.05, 3.63) is 30.0 Å². The smallest absolute Gasteiger partial charge is 0.208 e. The highest BCUT2D eigenvalue weighted by atomic mass is 16.3. The lowest BCUT2D eigenvalue weighted by Gasteiger charge is -1.95. The van der Waals surface area contributed by atoms with E-state index in [-0.39, 0.29) is 0 Å². The van der Waals surface area contributed by atoms with Crippen LogP contribution in [0.25, 0.3) is 22.4 Å². The van der Waals surface area contributed by atoms with Crippen molar-refractivity contribution in [2.24, 2.45) is 7.05 Å². The average Bonchev–Trinajstić information content (AvgIpc) is 2.82. The van der Waals surface area contributed by atoms with Crippen molar-refractivity contribution in [3.8, 4) is 11.4 Å². The van der Waals surface area contributed by atoms with Gasteiger partial charge in [-0.1, -0.05) is 12.1 Å². The van der Waals surface area contributed by atoms with E-state index in [9.17, 15) is 0 Å². The van der Waals surface area contributed by atoms with Crippen molar-refractivity contribution in [2.75, 3.05) is 0 Å². The number of nitrogens with zero attached hydrogens (tertiary/aromatic N) is 4. The molecule has 0 aliphatic rings. The molecule has 1 aromatic carbocycles. The van der Waals surface area contributed by atoms with Gasteiger partial charge in [-0.2, -0.15) is 4.80 Å². The molecule has 5 nitrogen and oxygen atoms in total. The van der Waals surface area contributed by atoms with Gasteiger partial charge in [0, 0.05) is 5.39 Å². The number of tetrazole rings is 1. The third-order valence-corrected chi connectivity index (χ3v) is 2.42. The molecule has 0 saturated heterocycles. The van der Waals surface area contributed by atoms with Crippen LogP contribution >= 0.6 is 0 Å². The number of furan rings is 1. The molecule has 3 rings (SSSR count). The first-order chi connectivity index (χ1) is 7.74. The molecular formula is C11H10N4O. The van der Waals surface area contributed by atoms with Gasteiger partial charge in [-0.05, 0) is 24.3 Å². The minimum atomic E-state index is 0.586. The van der Waals surface area contributed by atoms with Gasteiger partial charge in [0.2, 0.25) is 5.82 Å². The fourth-order valence-electron chi connectivity index (χ4n) is 1.76. The molecule has 0 amide bonds. The Bertz CT molecular complexity index is 653. The highest BCUT2D eigenvalue weighted by molar-refractivity contribution is 5.90. The zero-order valence-electron chi connectivity index (χ0n) is 9.01. The Morgan fingerprint density at radius 2 is 2.19 bits per heavy atom. The molecule has 0 aliphatic heterocycles. The summed E-state index contributed by atoms with van der Waals surface area (Å²) >= 11 is 0. The molecule has 0 atom stereocenters. The number of aryl methyl sites for hydroxylation is 2. The predicted octanol–water partition coefficient (Wildman–Crippen LogP) is 1.93. The first-order valence-corrected chi connectivity index (χ1v) is 4.97. The maximum Gasteiger partial charge on any atom is 0.208 e. The normalized spacial score (nSPS) is 11.1. The van der Waals surface area contributed by atoms with Crippen molar-refractivity contribution in [1.29, 1.82) is 0 Å². The summed E-state index contributed by atoms with van der Waals surface area (Å²) in [6.07, 6.45) is 0. The van der Waals surface area contributed by atoms with Gasteiger partial charge < -0.3 is 4.42 Å². The van der Waals surface area contributed by atoms with E-state index in [1.54, 1.807) is 7.05 Å². The first kappa shape index (κ1) is 9.08. The molecule has 0 N–H and O–H groups in total. The number of aromatic nitrogens is 4. The van der Waals surface area contributed by atoms with E-state index in [2.05, 4.69) is 15.4 Å². The van der Waals surface area contributed by atoms with Crippen LogP contribution in [-0.4, -0.2) is 20.2 Å². The zero-order chi connectivity index (χ0) is 11.1. The van der Waals surface area contributed by atoms with Crippen LogP contribution in [0.1, 0.15) is 5.76 Å². The third kappa shape index (κ3) is 1.29. The van der Waals surface area contributed by atoms with Crippen molar-refractivity contribution < 1.29 is 4.42 Å². The first-order valence-electron chi connectivity index (χ1n) is 4.97. The summed E-state index contributed by atoms with van der Waals surface area (Å²) in [5.41, 5.74) is 1.69. The van der Waals surface area contributed by atoms with E-state index in [0.717, 1.165) is 22.3 Å². The minimum Gasteiger partial charge on any atom is -0.461 e. The molecule has 0 aliphatic carbocycles. The number of rotatable bonds is 1. The van der Waals surface area contributed by atoms with E-state index < -0.39 is 0 Å². The van der Waals surface area contributed by atoms with Gasteiger partial charge in [0.15, 0.2) is 0 Å². The molecule has 2 aromatic heterocycles. The summed E-state index contributed by atoms with van der Waals surface area (Å²) in [6.45, 7) is 1.92. The van der Waals surface area contributed by atoms with Gasteiger partial charge in [0.1, 0.15) is 11.3 Å². The standard InChI is InChI=1S/C11H10N4O/c1-7-6-8-4-3-5-9(10(8)16-7)11-12-14-15(2)13-11/h3-6H,1-2H3. The molecule has 0 fully saturated rings. The van der Waals surface area contributed by atoms with Crippen LogP contribution in [-0.2, 0) is 7.05 Å². The Morgan fingerprint density at radius 3 is 2.94 bits per heavy atom. The van der Waals surface area contributed by atoms with Gasteiger partial charge in [-0.25, -0.2) is 0 Å². The zero-order valence-corrected chi connectivity index (χ0v) is 9.01. The Hall–Kier alpha value is -2.17. The van der Waals surface area contributed by atoms with E-state index in [1.165, 1.54) is 4.80 Å². The monoisotopic (exact) mass is 214 g/mol. The molecule has 0 spiro atoms. The number of fused-ring (bicyclic) bond motifs is 1. The second-order valence-electron chi connectivity index (χ2n) is 3.68. The molecule has 0 radical (unpaired) electrons. The van der Waals surface area contributed by atoms with Crippen molar-refractivity contribution in [2.45, 2.75) is 6.92 Å². The predicted molar refractivity (Wildman–Crippen MR) is 58.7 cm³/mol. The summed E-state index contributed by atoms with van der Waals surface area (Å²) in [7, 11) is 1.74. The van der Waals surface area contributed by atoms with Crippen LogP contribution in [0, 0.1) is 6.92 Å². The summed E-state index contributed by atoms with van der Waals surface area (Å²) in [5, 5.41) is 13.0. The molecular weight excluding hydrogens is 204 g/mol.